The van der Waals surface area contributed by atoms with Crippen LogP contribution in [-0.4, -0.2) is 24.5 Å². The Hall–Kier alpha value is -1.02. The van der Waals surface area contributed by atoms with Gasteiger partial charge in [0.25, 0.3) is 0 Å². The summed E-state index contributed by atoms with van der Waals surface area (Å²) in [7, 11) is 0. The zero-order chi connectivity index (χ0) is 11.7. The van der Waals surface area contributed by atoms with Gasteiger partial charge in [0.1, 0.15) is 0 Å². The number of hydrogen-bond acceptors (Lipinski definition) is 2. The van der Waals surface area contributed by atoms with Crippen LogP contribution in [0.15, 0.2) is 24.3 Å². The highest BCUT2D eigenvalue weighted by Gasteiger charge is 2.35. The Kier molecular flexibility index (Phi) is 3.06. The molecule has 2 nitrogen and oxygen atoms in total. The maximum absolute atomic E-state index is 5.70. The fourth-order valence-electron chi connectivity index (χ4n) is 3.49. The standard InChI is InChI=1S/C15H22N2/c16-15-6-4-12(5-7-15)8-9-17-10-13-2-1-3-14(13)11-17/h4-7,13-14H,1-3,8-11,16H2. The normalized spacial score (nSPS) is 28.5. The van der Waals surface area contributed by atoms with Crippen molar-refractivity contribution in [3.63, 3.8) is 0 Å². The fraction of sp³-hybridized carbons (Fsp3) is 0.600. The molecule has 1 aromatic carbocycles. The van der Waals surface area contributed by atoms with Gasteiger partial charge < -0.3 is 10.6 Å². The molecule has 0 bridgehead atoms. The third kappa shape index (κ3) is 2.47. The number of nitrogens with two attached hydrogens (primary N) is 1. The van der Waals surface area contributed by atoms with E-state index < -0.39 is 0 Å². The first-order chi connectivity index (χ1) is 8.31. The minimum Gasteiger partial charge on any atom is -0.399 e. The van der Waals surface area contributed by atoms with Gasteiger partial charge >= 0.3 is 0 Å². The van der Waals surface area contributed by atoms with Gasteiger partial charge in [0.15, 0.2) is 0 Å². The monoisotopic (exact) mass is 230 g/mol. The Labute approximate surface area is 104 Å². The molecule has 2 atom stereocenters. The third-order valence-corrected chi connectivity index (χ3v) is 4.50. The van der Waals surface area contributed by atoms with Crippen molar-refractivity contribution in [3.8, 4) is 0 Å². The molecule has 2 fully saturated rings. The van der Waals surface area contributed by atoms with E-state index in [0.717, 1.165) is 17.5 Å². The number of nitrogens with zero attached hydrogens (tertiary/aromatic N) is 1. The summed E-state index contributed by atoms with van der Waals surface area (Å²) in [6.07, 6.45) is 5.59. The van der Waals surface area contributed by atoms with Gasteiger partial charge in [-0.3, -0.25) is 0 Å². The highest BCUT2D eigenvalue weighted by molar-refractivity contribution is 5.39. The number of hydrogen-bond donors (Lipinski definition) is 1. The predicted molar refractivity (Wildman–Crippen MR) is 71.8 cm³/mol. The van der Waals surface area contributed by atoms with Crippen molar-refractivity contribution in [3.05, 3.63) is 29.8 Å². The summed E-state index contributed by atoms with van der Waals surface area (Å²) < 4.78 is 0. The molecule has 2 N–H and O–H groups in total. The zero-order valence-electron chi connectivity index (χ0n) is 10.4. The first kappa shape index (κ1) is 11.1. The molecule has 0 aromatic heterocycles. The number of fused-ring (bicyclic) bond motifs is 1. The van der Waals surface area contributed by atoms with Gasteiger partial charge in [0, 0.05) is 25.3 Å². The van der Waals surface area contributed by atoms with Crippen LogP contribution < -0.4 is 5.73 Å². The molecule has 1 aliphatic heterocycles. The average molecular weight is 230 g/mol. The number of rotatable bonds is 3. The second-order valence-corrected chi connectivity index (χ2v) is 5.70. The van der Waals surface area contributed by atoms with E-state index in [1.807, 2.05) is 12.1 Å². The molecule has 2 heteroatoms. The van der Waals surface area contributed by atoms with Crippen molar-refractivity contribution in [2.24, 2.45) is 11.8 Å². The molecular weight excluding hydrogens is 208 g/mol. The van der Waals surface area contributed by atoms with E-state index >= 15 is 0 Å². The topological polar surface area (TPSA) is 29.3 Å². The number of anilines is 1. The molecule has 0 amide bonds. The van der Waals surface area contributed by atoms with Crippen LogP contribution in [0.3, 0.4) is 0 Å². The van der Waals surface area contributed by atoms with Gasteiger partial charge in [-0.1, -0.05) is 18.6 Å². The lowest BCUT2D eigenvalue weighted by Gasteiger charge is -2.16. The van der Waals surface area contributed by atoms with E-state index in [0.29, 0.717) is 0 Å². The highest BCUT2D eigenvalue weighted by atomic mass is 15.2. The van der Waals surface area contributed by atoms with Gasteiger partial charge in [0.2, 0.25) is 0 Å². The van der Waals surface area contributed by atoms with Gasteiger partial charge in [-0.25, -0.2) is 0 Å². The lowest BCUT2D eigenvalue weighted by atomic mass is 10.0. The smallest absolute Gasteiger partial charge is 0.0314 e. The van der Waals surface area contributed by atoms with E-state index in [1.165, 1.54) is 50.9 Å². The molecule has 2 unspecified atom stereocenters. The Bertz CT molecular complexity index is 359. The van der Waals surface area contributed by atoms with Crippen LogP contribution in [-0.2, 0) is 6.42 Å². The highest BCUT2D eigenvalue weighted by Crippen LogP contribution is 2.37. The molecule has 17 heavy (non-hydrogen) atoms. The fourth-order valence-corrected chi connectivity index (χ4v) is 3.49. The van der Waals surface area contributed by atoms with E-state index in [1.54, 1.807) is 0 Å². The molecule has 1 saturated heterocycles. The van der Waals surface area contributed by atoms with Crippen molar-refractivity contribution in [1.29, 1.82) is 0 Å². The summed E-state index contributed by atoms with van der Waals surface area (Å²) in [5.41, 5.74) is 7.98. The van der Waals surface area contributed by atoms with Crippen LogP contribution in [0.1, 0.15) is 24.8 Å². The second-order valence-electron chi connectivity index (χ2n) is 5.70. The molecule has 2 aliphatic rings. The van der Waals surface area contributed by atoms with Gasteiger partial charge in [0.05, 0.1) is 0 Å². The van der Waals surface area contributed by atoms with Gasteiger partial charge in [-0.05, 0) is 48.8 Å². The minimum atomic E-state index is 0.865. The zero-order valence-corrected chi connectivity index (χ0v) is 10.4. The SMILES string of the molecule is Nc1ccc(CCN2CC3CCCC3C2)cc1. The predicted octanol–water partition coefficient (Wildman–Crippen LogP) is 2.54. The van der Waals surface area contributed by atoms with Crippen LogP contribution in [0.4, 0.5) is 5.69 Å². The average Bonchev–Trinajstić information content (AvgIpc) is 2.88. The quantitative estimate of drug-likeness (QED) is 0.809. The van der Waals surface area contributed by atoms with E-state index in [-0.39, 0.29) is 0 Å². The van der Waals surface area contributed by atoms with Crippen molar-refractivity contribution in [1.82, 2.24) is 4.90 Å². The van der Waals surface area contributed by atoms with Crippen molar-refractivity contribution >= 4 is 5.69 Å². The number of likely N-dealkylation sites (tertiary alicyclic amines) is 1. The molecule has 1 heterocycles. The van der Waals surface area contributed by atoms with Crippen molar-refractivity contribution in [2.75, 3.05) is 25.4 Å². The van der Waals surface area contributed by atoms with E-state index in [4.69, 9.17) is 5.73 Å². The Morgan fingerprint density at radius 3 is 2.35 bits per heavy atom. The number of nitrogen functional groups attached to an aromatic ring is 1. The first-order valence-electron chi connectivity index (χ1n) is 6.88. The van der Waals surface area contributed by atoms with Crippen LogP contribution in [0.2, 0.25) is 0 Å². The Morgan fingerprint density at radius 1 is 1.06 bits per heavy atom. The summed E-state index contributed by atoms with van der Waals surface area (Å²) in [5, 5.41) is 0. The Morgan fingerprint density at radius 2 is 1.71 bits per heavy atom. The van der Waals surface area contributed by atoms with E-state index in [9.17, 15) is 0 Å². The summed E-state index contributed by atoms with van der Waals surface area (Å²) in [6, 6.07) is 8.33. The van der Waals surface area contributed by atoms with Crippen molar-refractivity contribution in [2.45, 2.75) is 25.7 Å². The lowest BCUT2D eigenvalue weighted by molar-refractivity contribution is 0.315. The molecule has 1 aliphatic carbocycles. The lowest BCUT2D eigenvalue weighted by Crippen LogP contribution is -2.24. The van der Waals surface area contributed by atoms with Crippen molar-refractivity contribution < 1.29 is 0 Å². The summed E-state index contributed by atoms with van der Waals surface area (Å²) in [5.74, 6) is 2.03. The summed E-state index contributed by atoms with van der Waals surface area (Å²) in [4.78, 5) is 2.66. The van der Waals surface area contributed by atoms with E-state index in [2.05, 4.69) is 17.0 Å². The molecular formula is C15H22N2. The molecule has 0 spiro atoms. The van der Waals surface area contributed by atoms with Crippen LogP contribution in [0.5, 0.6) is 0 Å². The van der Waals surface area contributed by atoms with Crippen LogP contribution in [0, 0.1) is 11.8 Å². The largest absolute Gasteiger partial charge is 0.399 e. The number of benzene rings is 1. The van der Waals surface area contributed by atoms with Gasteiger partial charge in [-0.15, -0.1) is 0 Å². The first-order valence-corrected chi connectivity index (χ1v) is 6.88. The maximum Gasteiger partial charge on any atom is 0.0314 e. The summed E-state index contributed by atoms with van der Waals surface area (Å²) in [6.45, 7) is 3.91. The maximum atomic E-state index is 5.70. The van der Waals surface area contributed by atoms with Gasteiger partial charge in [-0.2, -0.15) is 0 Å². The summed E-state index contributed by atoms with van der Waals surface area (Å²) >= 11 is 0. The Balaban J connectivity index is 1.50. The molecule has 1 aromatic rings. The van der Waals surface area contributed by atoms with Crippen LogP contribution in [0.25, 0.3) is 0 Å². The third-order valence-electron chi connectivity index (χ3n) is 4.50. The molecule has 92 valence electrons. The second kappa shape index (κ2) is 4.69. The van der Waals surface area contributed by atoms with Crippen LogP contribution >= 0.6 is 0 Å². The molecule has 0 radical (unpaired) electrons. The molecule has 3 rings (SSSR count). The minimum absolute atomic E-state index is 0.865. The molecule has 1 saturated carbocycles.